The van der Waals surface area contributed by atoms with Crippen molar-refractivity contribution in [1.82, 2.24) is 4.73 Å². The molecule has 1 heterocycles. The second kappa shape index (κ2) is 1.30. The van der Waals surface area contributed by atoms with E-state index in [0.717, 1.165) is 10.3 Å². The van der Waals surface area contributed by atoms with Crippen LogP contribution in [-0.2, 0) is 0 Å². The maximum atomic E-state index is 8.57. The van der Waals surface area contributed by atoms with Crippen LogP contribution < -0.4 is 0 Å². The molecule has 2 heteroatoms. The lowest BCUT2D eigenvalue weighted by atomic mass is 10.4. The Morgan fingerprint density at radius 1 is 1.71 bits per heavy atom. The lowest BCUT2D eigenvalue weighted by Gasteiger charge is -1.80. The van der Waals surface area contributed by atoms with Crippen molar-refractivity contribution in [2.75, 3.05) is 0 Å². The number of aryl methyl sites for hydroxylation is 1. The molecule has 0 spiro atoms. The zero-order chi connectivity index (χ0) is 5.28. The molecule has 0 aromatic carbocycles. The second-order valence-corrected chi connectivity index (χ2v) is 1.57. The number of rotatable bonds is 0. The van der Waals surface area contributed by atoms with E-state index in [1.807, 2.05) is 13.0 Å². The summed E-state index contributed by atoms with van der Waals surface area (Å²) in [6.07, 6.45) is 3.23. The Morgan fingerprint density at radius 2 is 2.43 bits per heavy atom. The average Bonchev–Trinajstić information content (AvgIpc) is 1.87. The van der Waals surface area contributed by atoms with Gasteiger partial charge in [0.1, 0.15) is 0 Å². The van der Waals surface area contributed by atoms with Crippen molar-refractivity contribution >= 4 is 0 Å². The summed E-state index contributed by atoms with van der Waals surface area (Å²) < 4.78 is 1.04. The van der Waals surface area contributed by atoms with Gasteiger partial charge in [0.15, 0.2) is 0 Å². The Kier molecular flexibility index (Phi) is 0.785. The predicted octanol–water partition coefficient (Wildman–Crippen LogP) is 1.03. The standard InChI is InChI=1S/C5H7NO/c1-5-2-3-6(7)4-5/h2-4,7H,1H3. The highest BCUT2D eigenvalue weighted by molar-refractivity contribution is 5.05. The zero-order valence-electron chi connectivity index (χ0n) is 4.13. The summed E-state index contributed by atoms with van der Waals surface area (Å²) in [5.74, 6) is 0. The molecular formula is C5H7NO. The normalized spacial score (nSPS) is 9.29. The van der Waals surface area contributed by atoms with Crippen LogP contribution in [0.4, 0.5) is 0 Å². The van der Waals surface area contributed by atoms with E-state index in [2.05, 4.69) is 0 Å². The van der Waals surface area contributed by atoms with Crippen molar-refractivity contribution in [1.29, 1.82) is 0 Å². The monoisotopic (exact) mass is 97.1 g/mol. The van der Waals surface area contributed by atoms with Gasteiger partial charge in [-0.3, -0.25) is 0 Å². The van der Waals surface area contributed by atoms with Crippen molar-refractivity contribution in [3.63, 3.8) is 0 Å². The Balaban J connectivity index is 3.04. The van der Waals surface area contributed by atoms with Crippen LogP contribution in [0.2, 0.25) is 0 Å². The third-order valence-corrected chi connectivity index (χ3v) is 0.826. The molecule has 1 aromatic heterocycles. The van der Waals surface area contributed by atoms with Gasteiger partial charge in [-0.05, 0) is 18.6 Å². The first kappa shape index (κ1) is 4.24. The first-order valence-corrected chi connectivity index (χ1v) is 2.13. The van der Waals surface area contributed by atoms with Crippen LogP contribution in [0.1, 0.15) is 5.56 Å². The van der Waals surface area contributed by atoms with Crippen LogP contribution in [-0.4, -0.2) is 9.94 Å². The van der Waals surface area contributed by atoms with Gasteiger partial charge < -0.3 is 5.21 Å². The summed E-state index contributed by atoms with van der Waals surface area (Å²) in [5, 5.41) is 8.57. The summed E-state index contributed by atoms with van der Waals surface area (Å²) in [6, 6.07) is 1.83. The van der Waals surface area contributed by atoms with Gasteiger partial charge in [0, 0.05) is 12.4 Å². The Labute approximate surface area is 42.0 Å². The van der Waals surface area contributed by atoms with Gasteiger partial charge in [0.05, 0.1) is 0 Å². The molecular weight excluding hydrogens is 90.1 g/mol. The smallest absolute Gasteiger partial charge is 0.0461 e. The highest BCUT2D eigenvalue weighted by atomic mass is 16.5. The molecule has 0 saturated heterocycles. The summed E-state index contributed by atoms with van der Waals surface area (Å²) in [6.45, 7) is 1.92. The third-order valence-electron chi connectivity index (χ3n) is 0.826. The number of nitrogens with zero attached hydrogens (tertiary/aromatic N) is 1. The topological polar surface area (TPSA) is 25.2 Å². The number of hydrogen-bond donors (Lipinski definition) is 1. The molecule has 0 aliphatic rings. The molecule has 0 bridgehead atoms. The SMILES string of the molecule is Cc1ccn(O)c1. The molecule has 0 aliphatic heterocycles. The van der Waals surface area contributed by atoms with Crippen molar-refractivity contribution in [3.8, 4) is 0 Å². The number of aromatic nitrogens is 1. The minimum atomic E-state index is 1.04. The largest absolute Gasteiger partial charge is 0.429 e. The van der Waals surface area contributed by atoms with Crippen LogP contribution in [0.3, 0.4) is 0 Å². The van der Waals surface area contributed by atoms with E-state index in [1.54, 1.807) is 12.4 Å². The van der Waals surface area contributed by atoms with Crippen molar-refractivity contribution < 1.29 is 5.21 Å². The van der Waals surface area contributed by atoms with E-state index in [-0.39, 0.29) is 0 Å². The summed E-state index contributed by atoms with van der Waals surface area (Å²) >= 11 is 0. The van der Waals surface area contributed by atoms with Gasteiger partial charge in [0.25, 0.3) is 0 Å². The highest BCUT2D eigenvalue weighted by Crippen LogP contribution is 1.93. The Hall–Kier alpha value is -0.920. The van der Waals surface area contributed by atoms with Gasteiger partial charge in [-0.25, -0.2) is 4.73 Å². The Bertz CT molecular complexity index is 140. The molecule has 38 valence electrons. The maximum absolute atomic E-state index is 8.57. The van der Waals surface area contributed by atoms with Gasteiger partial charge >= 0.3 is 0 Å². The predicted molar refractivity (Wildman–Crippen MR) is 26.4 cm³/mol. The minimum Gasteiger partial charge on any atom is -0.429 e. The molecule has 0 aliphatic carbocycles. The molecule has 7 heavy (non-hydrogen) atoms. The maximum Gasteiger partial charge on any atom is 0.0461 e. The van der Waals surface area contributed by atoms with Crippen LogP contribution in [0, 0.1) is 6.92 Å². The second-order valence-electron chi connectivity index (χ2n) is 1.57. The van der Waals surface area contributed by atoms with Crippen molar-refractivity contribution in [2.24, 2.45) is 0 Å². The molecule has 0 amide bonds. The first-order valence-electron chi connectivity index (χ1n) is 2.13. The lowest BCUT2D eigenvalue weighted by Crippen LogP contribution is -1.79. The zero-order valence-corrected chi connectivity index (χ0v) is 4.13. The van der Waals surface area contributed by atoms with E-state index < -0.39 is 0 Å². The summed E-state index contributed by atoms with van der Waals surface area (Å²) in [5.41, 5.74) is 1.07. The quantitative estimate of drug-likeness (QED) is 0.480. The van der Waals surface area contributed by atoms with E-state index in [1.165, 1.54) is 0 Å². The van der Waals surface area contributed by atoms with Crippen molar-refractivity contribution in [3.05, 3.63) is 24.0 Å². The molecule has 2 nitrogen and oxygen atoms in total. The summed E-state index contributed by atoms with van der Waals surface area (Å²) in [4.78, 5) is 0. The lowest BCUT2D eigenvalue weighted by molar-refractivity contribution is 0.187. The average molecular weight is 97.1 g/mol. The first-order chi connectivity index (χ1) is 3.29. The third kappa shape index (κ3) is 0.738. The number of hydrogen-bond acceptors (Lipinski definition) is 1. The molecule has 0 fully saturated rings. The van der Waals surface area contributed by atoms with E-state index >= 15 is 0 Å². The van der Waals surface area contributed by atoms with E-state index in [9.17, 15) is 0 Å². The fourth-order valence-corrected chi connectivity index (χ4v) is 0.489. The van der Waals surface area contributed by atoms with Gasteiger partial charge in [-0.15, -0.1) is 0 Å². The van der Waals surface area contributed by atoms with E-state index in [4.69, 9.17) is 5.21 Å². The fraction of sp³-hybridized carbons (Fsp3) is 0.200. The molecule has 0 radical (unpaired) electrons. The summed E-state index contributed by atoms with van der Waals surface area (Å²) in [7, 11) is 0. The van der Waals surface area contributed by atoms with Crippen LogP contribution in [0.15, 0.2) is 18.5 Å². The Morgan fingerprint density at radius 3 is 2.57 bits per heavy atom. The van der Waals surface area contributed by atoms with Crippen molar-refractivity contribution in [2.45, 2.75) is 6.92 Å². The van der Waals surface area contributed by atoms with Gasteiger partial charge in [-0.2, -0.15) is 0 Å². The minimum absolute atomic E-state index is 1.04. The van der Waals surface area contributed by atoms with Crippen LogP contribution >= 0.6 is 0 Å². The molecule has 1 rings (SSSR count). The highest BCUT2D eigenvalue weighted by Gasteiger charge is 1.82. The molecule has 1 aromatic rings. The van der Waals surface area contributed by atoms with Gasteiger partial charge in [0.2, 0.25) is 0 Å². The van der Waals surface area contributed by atoms with Crippen LogP contribution in [0.25, 0.3) is 0 Å². The van der Waals surface area contributed by atoms with Gasteiger partial charge in [-0.1, -0.05) is 0 Å². The molecule has 0 saturated carbocycles. The molecule has 0 unspecified atom stereocenters. The fourth-order valence-electron chi connectivity index (χ4n) is 0.489. The molecule has 1 N–H and O–H groups in total. The molecule has 0 atom stereocenters. The van der Waals surface area contributed by atoms with E-state index in [0.29, 0.717) is 0 Å². The van der Waals surface area contributed by atoms with Crippen LogP contribution in [0.5, 0.6) is 0 Å².